The predicted octanol–water partition coefficient (Wildman–Crippen LogP) is 5.22. The standard InChI is InChI=1S/C25H24F3N3O/c1-14-8-15(10-18(29)9-14)19-6-7-30-13-16(19)11-24(32)23-5-4-21(27)25(31-23)20-3-2-17(26)12-22(20)28/h2-7,12-15,18H,8-11,29H2,1H3/t14-,15+,18-/m0/s1. The van der Waals surface area contributed by atoms with Gasteiger partial charge in [0.1, 0.15) is 28.8 Å². The molecule has 1 fully saturated rings. The Hall–Kier alpha value is -3.06. The van der Waals surface area contributed by atoms with Crippen molar-refractivity contribution in [1.82, 2.24) is 9.97 Å². The molecule has 1 saturated carbocycles. The second-order valence-electron chi connectivity index (χ2n) is 8.59. The van der Waals surface area contributed by atoms with Gasteiger partial charge in [-0.15, -0.1) is 0 Å². The summed E-state index contributed by atoms with van der Waals surface area (Å²) in [7, 11) is 0. The highest BCUT2D eigenvalue weighted by Crippen LogP contribution is 2.37. The van der Waals surface area contributed by atoms with Crippen molar-refractivity contribution in [3.8, 4) is 11.3 Å². The molecule has 7 heteroatoms. The first-order valence-electron chi connectivity index (χ1n) is 10.7. The van der Waals surface area contributed by atoms with Gasteiger partial charge in [0.25, 0.3) is 0 Å². The number of Topliss-reactive ketones (excluding diaryl/α,β-unsaturated/α-hetero) is 1. The smallest absolute Gasteiger partial charge is 0.185 e. The van der Waals surface area contributed by atoms with Crippen LogP contribution in [0.2, 0.25) is 0 Å². The summed E-state index contributed by atoms with van der Waals surface area (Å²) in [6, 6.07) is 7.18. The maximum atomic E-state index is 14.4. The van der Waals surface area contributed by atoms with E-state index in [1.165, 1.54) is 6.07 Å². The SMILES string of the molecule is C[C@@H]1C[C@H](N)C[C@H](c2ccncc2CC(=O)c2ccc(F)c(-c3ccc(F)cc3F)n2)C1. The van der Waals surface area contributed by atoms with Crippen molar-refractivity contribution >= 4 is 5.78 Å². The van der Waals surface area contributed by atoms with Crippen molar-refractivity contribution < 1.29 is 18.0 Å². The Balaban J connectivity index is 1.62. The van der Waals surface area contributed by atoms with Gasteiger partial charge in [0.2, 0.25) is 0 Å². The largest absolute Gasteiger partial charge is 0.328 e. The first-order chi connectivity index (χ1) is 15.3. The summed E-state index contributed by atoms with van der Waals surface area (Å²) in [5, 5.41) is 0. The first-order valence-corrected chi connectivity index (χ1v) is 10.7. The molecular weight excluding hydrogens is 415 g/mol. The van der Waals surface area contributed by atoms with Crippen LogP contribution in [0.25, 0.3) is 11.3 Å². The molecule has 32 heavy (non-hydrogen) atoms. The molecule has 3 atom stereocenters. The summed E-state index contributed by atoms with van der Waals surface area (Å²) in [5.74, 6) is -2.12. The minimum Gasteiger partial charge on any atom is -0.328 e. The molecule has 4 nitrogen and oxygen atoms in total. The van der Waals surface area contributed by atoms with E-state index in [9.17, 15) is 18.0 Å². The number of benzene rings is 1. The number of nitrogens with zero attached hydrogens (tertiary/aromatic N) is 2. The van der Waals surface area contributed by atoms with Gasteiger partial charge in [0.05, 0.1) is 0 Å². The third-order valence-electron chi connectivity index (χ3n) is 6.03. The second-order valence-corrected chi connectivity index (χ2v) is 8.59. The Morgan fingerprint density at radius 2 is 1.88 bits per heavy atom. The van der Waals surface area contributed by atoms with E-state index >= 15 is 0 Å². The Bertz CT molecular complexity index is 1140. The quantitative estimate of drug-likeness (QED) is 0.554. The van der Waals surface area contributed by atoms with Gasteiger partial charge in [-0.05, 0) is 72.6 Å². The van der Waals surface area contributed by atoms with Gasteiger partial charge in [-0.2, -0.15) is 0 Å². The average molecular weight is 439 g/mol. The molecule has 0 saturated heterocycles. The molecule has 0 radical (unpaired) electrons. The minimum atomic E-state index is -0.946. The molecule has 1 aliphatic rings. The van der Waals surface area contributed by atoms with E-state index in [0.29, 0.717) is 12.0 Å². The van der Waals surface area contributed by atoms with Gasteiger partial charge >= 0.3 is 0 Å². The summed E-state index contributed by atoms with van der Waals surface area (Å²) in [6.07, 6.45) is 6.23. The molecule has 3 aromatic rings. The van der Waals surface area contributed by atoms with Crippen molar-refractivity contribution in [2.24, 2.45) is 11.7 Å². The van der Waals surface area contributed by atoms with Crippen molar-refractivity contribution in [1.29, 1.82) is 0 Å². The van der Waals surface area contributed by atoms with Gasteiger partial charge in [0, 0.05) is 36.5 Å². The van der Waals surface area contributed by atoms with Gasteiger partial charge < -0.3 is 5.73 Å². The Morgan fingerprint density at radius 3 is 2.62 bits per heavy atom. The number of halogens is 3. The molecular formula is C25H24F3N3O. The fraction of sp³-hybridized carbons (Fsp3) is 0.320. The second kappa shape index (κ2) is 9.20. The van der Waals surface area contributed by atoms with Crippen LogP contribution < -0.4 is 5.73 Å². The molecule has 0 amide bonds. The molecule has 1 aromatic carbocycles. The van der Waals surface area contributed by atoms with Gasteiger partial charge in [0.15, 0.2) is 5.78 Å². The van der Waals surface area contributed by atoms with Crippen LogP contribution in [0.5, 0.6) is 0 Å². The zero-order chi connectivity index (χ0) is 22.8. The Labute approximate surface area is 184 Å². The highest BCUT2D eigenvalue weighted by atomic mass is 19.1. The third kappa shape index (κ3) is 4.72. The summed E-state index contributed by atoms with van der Waals surface area (Å²) >= 11 is 0. The predicted molar refractivity (Wildman–Crippen MR) is 116 cm³/mol. The molecule has 4 rings (SSSR count). The maximum absolute atomic E-state index is 14.4. The number of carbonyl (C=O) groups excluding carboxylic acids is 1. The summed E-state index contributed by atoms with van der Waals surface area (Å²) in [5.41, 5.74) is 7.52. The zero-order valence-electron chi connectivity index (χ0n) is 17.7. The monoisotopic (exact) mass is 439 g/mol. The highest BCUT2D eigenvalue weighted by Gasteiger charge is 2.27. The molecule has 0 unspecified atom stereocenters. The third-order valence-corrected chi connectivity index (χ3v) is 6.03. The number of pyridine rings is 2. The van der Waals surface area contributed by atoms with Crippen LogP contribution in [-0.2, 0) is 6.42 Å². The fourth-order valence-corrected chi connectivity index (χ4v) is 4.63. The lowest BCUT2D eigenvalue weighted by molar-refractivity contribution is 0.0987. The van der Waals surface area contributed by atoms with E-state index in [-0.39, 0.29) is 41.1 Å². The van der Waals surface area contributed by atoms with Crippen LogP contribution in [0.15, 0.2) is 48.8 Å². The number of hydrogen-bond acceptors (Lipinski definition) is 4. The average Bonchev–Trinajstić information content (AvgIpc) is 2.74. The number of aromatic nitrogens is 2. The van der Waals surface area contributed by atoms with E-state index in [1.807, 2.05) is 6.07 Å². The van der Waals surface area contributed by atoms with Gasteiger partial charge in [-0.25, -0.2) is 18.2 Å². The molecule has 2 aromatic heterocycles. The van der Waals surface area contributed by atoms with E-state index in [1.54, 1.807) is 12.4 Å². The normalized spacial score (nSPS) is 20.8. The number of hydrogen-bond donors (Lipinski definition) is 1. The van der Waals surface area contributed by atoms with Crippen molar-refractivity contribution in [2.45, 2.75) is 44.6 Å². The summed E-state index contributed by atoms with van der Waals surface area (Å²) in [4.78, 5) is 21.3. The molecule has 1 aliphatic carbocycles. The lowest BCUT2D eigenvalue weighted by atomic mass is 9.75. The lowest BCUT2D eigenvalue weighted by Gasteiger charge is -2.32. The van der Waals surface area contributed by atoms with Crippen molar-refractivity contribution in [2.75, 3.05) is 0 Å². The van der Waals surface area contributed by atoms with Gasteiger partial charge in [-0.3, -0.25) is 9.78 Å². The molecule has 0 spiro atoms. The maximum Gasteiger partial charge on any atom is 0.185 e. The van der Waals surface area contributed by atoms with Crippen LogP contribution in [0.4, 0.5) is 13.2 Å². The van der Waals surface area contributed by atoms with Crippen LogP contribution in [0, 0.1) is 23.4 Å². The van der Waals surface area contributed by atoms with E-state index in [4.69, 9.17) is 5.73 Å². The van der Waals surface area contributed by atoms with Crippen LogP contribution in [-0.4, -0.2) is 21.8 Å². The lowest BCUT2D eigenvalue weighted by Crippen LogP contribution is -2.31. The highest BCUT2D eigenvalue weighted by molar-refractivity contribution is 5.96. The Kier molecular flexibility index (Phi) is 6.37. The summed E-state index contributed by atoms with van der Waals surface area (Å²) < 4.78 is 41.7. The Morgan fingerprint density at radius 1 is 1.06 bits per heavy atom. The molecule has 2 heterocycles. The van der Waals surface area contributed by atoms with E-state index in [0.717, 1.165) is 48.6 Å². The number of ketones is 1. The summed E-state index contributed by atoms with van der Waals surface area (Å²) in [6.45, 7) is 2.18. The van der Waals surface area contributed by atoms with E-state index in [2.05, 4.69) is 16.9 Å². The number of carbonyl (C=O) groups is 1. The number of nitrogens with two attached hydrogens (primary N) is 1. The minimum absolute atomic E-state index is 0.00800. The topological polar surface area (TPSA) is 68.9 Å². The van der Waals surface area contributed by atoms with Crippen molar-refractivity contribution in [3.63, 3.8) is 0 Å². The van der Waals surface area contributed by atoms with Gasteiger partial charge in [-0.1, -0.05) is 6.92 Å². The fourth-order valence-electron chi connectivity index (χ4n) is 4.63. The van der Waals surface area contributed by atoms with Crippen molar-refractivity contribution in [3.05, 3.63) is 83.1 Å². The van der Waals surface area contributed by atoms with Crippen LogP contribution in [0.3, 0.4) is 0 Å². The molecule has 2 N–H and O–H groups in total. The number of rotatable bonds is 5. The van der Waals surface area contributed by atoms with Crippen LogP contribution >= 0.6 is 0 Å². The van der Waals surface area contributed by atoms with E-state index < -0.39 is 17.5 Å². The first kappa shape index (κ1) is 22.1. The molecule has 166 valence electrons. The molecule has 0 bridgehead atoms. The van der Waals surface area contributed by atoms with Crippen LogP contribution in [0.1, 0.15) is 53.7 Å². The molecule has 0 aliphatic heterocycles. The zero-order valence-corrected chi connectivity index (χ0v) is 17.7.